The number of amides is 1. The van der Waals surface area contributed by atoms with Crippen molar-refractivity contribution in [3.8, 4) is 0 Å². The smallest absolute Gasteiger partial charge is 0.244 e. The lowest BCUT2D eigenvalue weighted by atomic mass is 9.85. The Bertz CT molecular complexity index is 931. The van der Waals surface area contributed by atoms with Crippen molar-refractivity contribution in [2.75, 3.05) is 29.4 Å². The molecule has 1 atom stereocenters. The predicted molar refractivity (Wildman–Crippen MR) is 113 cm³/mol. The van der Waals surface area contributed by atoms with Gasteiger partial charge in [0.05, 0.1) is 17.5 Å². The van der Waals surface area contributed by atoms with Crippen molar-refractivity contribution < 1.29 is 13.2 Å². The van der Waals surface area contributed by atoms with Crippen molar-refractivity contribution >= 4 is 27.3 Å². The summed E-state index contributed by atoms with van der Waals surface area (Å²) in [7, 11) is -3.36. The molecule has 0 aliphatic carbocycles. The maximum absolute atomic E-state index is 12.9. The van der Waals surface area contributed by atoms with Crippen LogP contribution < -0.4 is 10.0 Å². The number of carbonyl (C=O) groups excluding carboxylic acids is 1. The summed E-state index contributed by atoms with van der Waals surface area (Å²) in [5, 5.41) is 2.93. The molecular formula is C21H27N3O3S. The maximum Gasteiger partial charge on any atom is 0.244 e. The van der Waals surface area contributed by atoms with Crippen LogP contribution in [0.25, 0.3) is 0 Å². The van der Waals surface area contributed by atoms with Crippen LogP contribution in [0.5, 0.6) is 0 Å². The van der Waals surface area contributed by atoms with Crippen LogP contribution in [0.2, 0.25) is 0 Å². The normalized spacial score (nSPS) is 19.6. The van der Waals surface area contributed by atoms with Gasteiger partial charge < -0.3 is 5.32 Å². The summed E-state index contributed by atoms with van der Waals surface area (Å²) in [6.45, 7) is 3.75. The number of sulfonamides is 1. The number of anilines is 2. The van der Waals surface area contributed by atoms with Crippen molar-refractivity contribution in [2.45, 2.75) is 31.7 Å². The van der Waals surface area contributed by atoms with E-state index < -0.39 is 15.6 Å². The van der Waals surface area contributed by atoms with Crippen molar-refractivity contribution in [1.82, 2.24) is 4.90 Å². The number of hydrogen-bond acceptors (Lipinski definition) is 4. The lowest BCUT2D eigenvalue weighted by Gasteiger charge is -2.49. The first-order chi connectivity index (χ1) is 13.3. The molecular weight excluding hydrogens is 374 g/mol. The van der Waals surface area contributed by atoms with Crippen molar-refractivity contribution in [1.29, 1.82) is 0 Å². The summed E-state index contributed by atoms with van der Waals surface area (Å²) in [4.78, 5) is 15.1. The Morgan fingerprint density at radius 1 is 1.11 bits per heavy atom. The summed E-state index contributed by atoms with van der Waals surface area (Å²) >= 11 is 0. The van der Waals surface area contributed by atoms with E-state index in [9.17, 15) is 13.2 Å². The molecule has 2 aromatic carbocycles. The predicted octanol–water partition coefficient (Wildman–Crippen LogP) is 3.09. The fourth-order valence-electron chi connectivity index (χ4n) is 3.48. The highest BCUT2D eigenvalue weighted by molar-refractivity contribution is 7.92. The summed E-state index contributed by atoms with van der Waals surface area (Å²) in [6, 6.07) is 17.1. The van der Waals surface area contributed by atoms with Gasteiger partial charge in [0.1, 0.15) is 0 Å². The average Bonchev–Trinajstić information content (AvgIpc) is 2.63. The molecule has 0 aromatic heterocycles. The van der Waals surface area contributed by atoms with E-state index in [1.807, 2.05) is 25.1 Å². The van der Waals surface area contributed by atoms with Gasteiger partial charge in [-0.3, -0.25) is 14.4 Å². The summed E-state index contributed by atoms with van der Waals surface area (Å²) in [6.07, 6.45) is 3.90. The number of likely N-dealkylation sites (tertiary alicyclic amines) is 1. The highest BCUT2D eigenvalue weighted by Crippen LogP contribution is 2.32. The zero-order chi connectivity index (χ0) is 20.2. The van der Waals surface area contributed by atoms with E-state index in [1.54, 1.807) is 24.3 Å². The molecule has 0 bridgehead atoms. The number of nitrogens with one attached hydrogen (secondary N) is 2. The van der Waals surface area contributed by atoms with Gasteiger partial charge in [0, 0.05) is 12.2 Å². The van der Waals surface area contributed by atoms with E-state index in [-0.39, 0.29) is 5.91 Å². The first-order valence-electron chi connectivity index (χ1n) is 9.45. The maximum atomic E-state index is 12.9. The molecule has 150 valence electrons. The van der Waals surface area contributed by atoms with Gasteiger partial charge in [0.2, 0.25) is 15.9 Å². The highest BCUT2D eigenvalue weighted by Gasteiger charge is 2.46. The molecule has 3 rings (SSSR count). The Morgan fingerprint density at radius 3 is 2.46 bits per heavy atom. The third kappa shape index (κ3) is 5.11. The van der Waals surface area contributed by atoms with Crippen molar-refractivity contribution in [3.05, 3.63) is 60.2 Å². The molecule has 28 heavy (non-hydrogen) atoms. The Hall–Kier alpha value is -2.38. The Kier molecular flexibility index (Phi) is 6.05. The second kappa shape index (κ2) is 8.32. The third-order valence-corrected chi connectivity index (χ3v) is 5.82. The van der Waals surface area contributed by atoms with Gasteiger partial charge in [0.15, 0.2) is 0 Å². The number of benzene rings is 2. The van der Waals surface area contributed by atoms with Crippen LogP contribution in [0.1, 0.15) is 25.3 Å². The molecule has 1 heterocycles. The minimum Gasteiger partial charge on any atom is -0.324 e. The lowest BCUT2D eigenvalue weighted by Crippen LogP contribution is -2.64. The Balaban J connectivity index is 1.56. The molecule has 7 heteroatoms. The Morgan fingerprint density at radius 2 is 1.82 bits per heavy atom. The van der Waals surface area contributed by atoms with Gasteiger partial charge >= 0.3 is 0 Å². The molecule has 1 amide bonds. The molecule has 1 saturated heterocycles. The lowest BCUT2D eigenvalue weighted by molar-refractivity contribution is -0.135. The van der Waals surface area contributed by atoms with Crippen LogP contribution in [0, 0.1) is 0 Å². The Labute approximate surface area is 167 Å². The summed E-state index contributed by atoms with van der Waals surface area (Å²) < 4.78 is 25.2. The van der Waals surface area contributed by atoms with Crippen LogP contribution in [-0.2, 0) is 21.2 Å². The number of rotatable bonds is 8. The van der Waals surface area contributed by atoms with Gasteiger partial charge in [-0.15, -0.1) is 0 Å². The van der Waals surface area contributed by atoms with E-state index in [2.05, 4.69) is 27.1 Å². The third-order valence-electron chi connectivity index (χ3n) is 5.22. The second-order valence-electron chi connectivity index (χ2n) is 7.51. The van der Waals surface area contributed by atoms with Crippen LogP contribution in [0.3, 0.4) is 0 Å². The molecule has 1 aliphatic rings. The van der Waals surface area contributed by atoms with Gasteiger partial charge in [-0.05, 0) is 56.5 Å². The molecule has 2 N–H and O–H groups in total. The molecule has 1 fully saturated rings. The monoisotopic (exact) mass is 401 g/mol. The molecule has 1 unspecified atom stereocenters. The zero-order valence-corrected chi connectivity index (χ0v) is 17.1. The highest BCUT2D eigenvalue weighted by atomic mass is 32.2. The van der Waals surface area contributed by atoms with E-state index in [4.69, 9.17) is 0 Å². The molecule has 1 aliphatic heterocycles. The number of carbonyl (C=O) groups is 1. The fraction of sp³-hybridized carbons (Fsp3) is 0.381. The van der Waals surface area contributed by atoms with Gasteiger partial charge in [-0.25, -0.2) is 8.42 Å². The quantitative estimate of drug-likeness (QED) is 0.712. The van der Waals surface area contributed by atoms with E-state index in [1.165, 1.54) is 5.56 Å². The number of nitrogens with zero attached hydrogens (tertiary/aromatic N) is 1. The summed E-state index contributed by atoms with van der Waals surface area (Å²) in [5.74, 6) is -0.0602. The second-order valence-corrected chi connectivity index (χ2v) is 9.26. The molecule has 0 spiro atoms. The van der Waals surface area contributed by atoms with E-state index in [0.29, 0.717) is 11.4 Å². The van der Waals surface area contributed by atoms with Crippen LogP contribution in [0.15, 0.2) is 54.6 Å². The first-order valence-corrected chi connectivity index (χ1v) is 11.3. The van der Waals surface area contributed by atoms with Crippen LogP contribution in [0.4, 0.5) is 11.4 Å². The number of aryl methyl sites for hydroxylation is 1. The van der Waals surface area contributed by atoms with E-state index in [0.717, 1.165) is 38.6 Å². The first kappa shape index (κ1) is 20.4. The summed E-state index contributed by atoms with van der Waals surface area (Å²) in [5.41, 5.74) is 1.79. The number of hydrogen-bond donors (Lipinski definition) is 2. The molecule has 6 nitrogen and oxygen atoms in total. The SMILES string of the molecule is CC1(C(=O)Nc2cccc(NS(C)(=O)=O)c2)CCN1CCCc1ccccc1. The molecule has 0 saturated carbocycles. The van der Waals surface area contributed by atoms with Crippen molar-refractivity contribution in [2.24, 2.45) is 0 Å². The van der Waals surface area contributed by atoms with E-state index >= 15 is 0 Å². The van der Waals surface area contributed by atoms with Gasteiger partial charge in [0.25, 0.3) is 0 Å². The topological polar surface area (TPSA) is 78.5 Å². The van der Waals surface area contributed by atoms with Gasteiger partial charge in [-0.1, -0.05) is 36.4 Å². The van der Waals surface area contributed by atoms with Crippen LogP contribution in [-0.4, -0.2) is 44.1 Å². The minimum absolute atomic E-state index is 0.0602. The molecule has 0 radical (unpaired) electrons. The fourth-order valence-corrected chi connectivity index (χ4v) is 4.04. The van der Waals surface area contributed by atoms with Crippen LogP contribution >= 0.6 is 0 Å². The minimum atomic E-state index is -3.36. The van der Waals surface area contributed by atoms with Gasteiger partial charge in [-0.2, -0.15) is 0 Å². The standard InChI is InChI=1S/C21H27N3O3S/c1-21(13-15-24(21)14-7-10-17-8-4-3-5-9-17)20(25)22-18-11-6-12-19(16-18)23-28(2,26)27/h3-6,8-9,11-12,16,23H,7,10,13-15H2,1-2H3,(H,22,25). The van der Waals surface area contributed by atoms with Crippen molar-refractivity contribution in [3.63, 3.8) is 0 Å². The molecule has 2 aromatic rings. The zero-order valence-electron chi connectivity index (χ0n) is 16.3. The largest absolute Gasteiger partial charge is 0.324 e. The average molecular weight is 402 g/mol.